The first-order valence-electron chi connectivity index (χ1n) is 7.92. The van der Waals surface area contributed by atoms with Gasteiger partial charge >= 0.3 is 0 Å². The maximum absolute atomic E-state index is 12.8. The third kappa shape index (κ3) is 3.69. The smallest absolute Gasteiger partial charge is 0.265 e. The predicted octanol–water partition coefficient (Wildman–Crippen LogP) is 3.29. The molecule has 120 valence electrons. The zero-order valence-electron chi connectivity index (χ0n) is 13.2. The van der Waals surface area contributed by atoms with Crippen LogP contribution in [0, 0.1) is 0 Å². The van der Waals surface area contributed by atoms with Crippen molar-refractivity contribution in [3.8, 4) is 0 Å². The van der Waals surface area contributed by atoms with Crippen LogP contribution in [0.5, 0.6) is 0 Å². The number of benzene rings is 1. The summed E-state index contributed by atoms with van der Waals surface area (Å²) in [5.41, 5.74) is 1.37. The van der Waals surface area contributed by atoms with E-state index in [0.29, 0.717) is 10.9 Å². The van der Waals surface area contributed by atoms with Gasteiger partial charge in [0.2, 0.25) is 5.16 Å². The molecule has 6 heteroatoms. The van der Waals surface area contributed by atoms with Crippen LogP contribution in [0.25, 0.3) is 0 Å². The molecule has 3 rings (SSSR count). The fourth-order valence-corrected chi connectivity index (χ4v) is 3.33. The van der Waals surface area contributed by atoms with Crippen molar-refractivity contribution < 1.29 is 0 Å². The molecule has 1 fully saturated rings. The lowest BCUT2D eigenvalue weighted by Gasteiger charge is -2.20. The van der Waals surface area contributed by atoms with Crippen molar-refractivity contribution in [1.29, 1.82) is 0 Å². The van der Waals surface area contributed by atoms with E-state index in [1.807, 2.05) is 36.6 Å². The van der Waals surface area contributed by atoms with Gasteiger partial charge in [0, 0.05) is 5.92 Å². The molecule has 1 heterocycles. The van der Waals surface area contributed by atoms with Gasteiger partial charge in [0.25, 0.3) is 5.56 Å². The summed E-state index contributed by atoms with van der Waals surface area (Å²) in [6.07, 6.45) is 9.15. The maximum atomic E-state index is 12.8. The molecule has 0 amide bonds. The zero-order valence-corrected chi connectivity index (χ0v) is 14.0. The summed E-state index contributed by atoms with van der Waals surface area (Å²) in [7, 11) is 0. The molecular weight excluding hydrogens is 308 g/mol. The van der Waals surface area contributed by atoms with Crippen LogP contribution < -0.4 is 5.56 Å². The van der Waals surface area contributed by atoms with Crippen molar-refractivity contribution in [2.24, 2.45) is 5.10 Å². The molecule has 0 aliphatic heterocycles. The SMILES string of the molecule is CSc1nnc(C2CCCCC2)c(=O)n1/N=C/c1ccccc1. The predicted molar refractivity (Wildman–Crippen MR) is 93.3 cm³/mol. The molecule has 2 aromatic rings. The third-order valence-corrected chi connectivity index (χ3v) is 4.75. The number of hydrogen-bond acceptors (Lipinski definition) is 5. The van der Waals surface area contributed by atoms with E-state index in [1.165, 1.54) is 22.9 Å². The maximum Gasteiger partial charge on any atom is 0.297 e. The van der Waals surface area contributed by atoms with Gasteiger partial charge in [0.1, 0.15) is 5.69 Å². The van der Waals surface area contributed by atoms with Crippen LogP contribution in [0.3, 0.4) is 0 Å². The normalized spacial score (nSPS) is 16.0. The topological polar surface area (TPSA) is 60.1 Å². The van der Waals surface area contributed by atoms with Crippen LogP contribution in [-0.2, 0) is 0 Å². The Balaban J connectivity index is 1.97. The lowest BCUT2D eigenvalue weighted by molar-refractivity contribution is 0.422. The van der Waals surface area contributed by atoms with E-state index >= 15 is 0 Å². The highest BCUT2D eigenvalue weighted by atomic mass is 32.2. The minimum atomic E-state index is -0.136. The molecule has 1 aliphatic rings. The molecule has 1 aromatic carbocycles. The molecule has 5 nitrogen and oxygen atoms in total. The Kier molecular flexibility index (Phi) is 5.23. The van der Waals surface area contributed by atoms with Crippen LogP contribution in [0.15, 0.2) is 45.4 Å². The van der Waals surface area contributed by atoms with Gasteiger partial charge in [-0.25, -0.2) is 0 Å². The second-order valence-electron chi connectivity index (χ2n) is 5.68. The lowest BCUT2D eigenvalue weighted by Crippen LogP contribution is -2.28. The van der Waals surface area contributed by atoms with Crippen molar-refractivity contribution >= 4 is 18.0 Å². The monoisotopic (exact) mass is 328 g/mol. The Morgan fingerprint density at radius 1 is 1.17 bits per heavy atom. The molecule has 0 unspecified atom stereocenters. The number of thioether (sulfide) groups is 1. The Morgan fingerprint density at radius 2 is 1.91 bits per heavy atom. The molecule has 0 atom stereocenters. The van der Waals surface area contributed by atoms with Crippen LogP contribution in [0.4, 0.5) is 0 Å². The van der Waals surface area contributed by atoms with Gasteiger partial charge in [-0.05, 0) is 24.7 Å². The molecule has 0 radical (unpaired) electrons. The van der Waals surface area contributed by atoms with E-state index in [0.717, 1.165) is 31.2 Å². The summed E-state index contributed by atoms with van der Waals surface area (Å²) in [5, 5.41) is 13.3. The number of aromatic nitrogens is 3. The molecule has 0 N–H and O–H groups in total. The summed E-state index contributed by atoms with van der Waals surface area (Å²) < 4.78 is 1.38. The first-order chi connectivity index (χ1) is 11.3. The van der Waals surface area contributed by atoms with Crippen molar-refractivity contribution in [2.75, 3.05) is 6.26 Å². The van der Waals surface area contributed by atoms with Gasteiger partial charge in [0.15, 0.2) is 0 Å². The van der Waals surface area contributed by atoms with Gasteiger partial charge in [-0.15, -0.1) is 10.2 Å². The number of rotatable bonds is 4. The van der Waals surface area contributed by atoms with Gasteiger partial charge in [-0.3, -0.25) is 4.79 Å². The molecule has 0 bridgehead atoms. The van der Waals surface area contributed by atoms with Crippen molar-refractivity contribution in [3.05, 3.63) is 51.9 Å². The Morgan fingerprint density at radius 3 is 2.61 bits per heavy atom. The first kappa shape index (κ1) is 15.9. The average molecular weight is 328 g/mol. The van der Waals surface area contributed by atoms with Gasteiger partial charge < -0.3 is 0 Å². The zero-order chi connectivity index (χ0) is 16.1. The molecule has 0 saturated heterocycles. The summed E-state index contributed by atoms with van der Waals surface area (Å²) in [5.74, 6) is 0.220. The fourth-order valence-electron chi connectivity index (χ4n) is 2.90. The van der Waals surface area contributed by atoms with E-state index in [4.69, 9.17) is 0 Å². The van der Waals surface area contributed by atoms with Crippen LogP contribution in [0.2, 0.25) is 0 Å². The van der Waals surface area contributed by atoms with E-state index < -0.39 is 0 Å². The molecule has 1 aromatic heterocycles. The van der Waals surface area contributed by atoms with Gasteiger partial charge in [-0.2, -0.15) is 9.78 Å². The van der Waals surface area contributed by atoms with Crippen molar-refractivity contribution in [2.45, 2.75) is 43.2 Å². The highest BCUT2D eigenvalue weighted by Gasteiger charge is 2.22. The number of nitrogens with zero attached hydrogens (tertiary/aromatic N) is 4. The molecular formula is C17H20N4OS. The minimum Gasteiger partial charge on any atom is -0.265 e. The highest BCUT2D eigenvalue weighted by molar-refractivity contribution is 7.98. The Hall–Kier alpha value is -1.95. The van der Waals surface area contributed by atoms with Gasteiger partial charge in [0.05, 0.1) is 6.21 Å². The molecule has 23 heavy (non-hydrogen) atoms. The standard InChI is InChI=1S/C17H20N4OS/c1-23-17-20-19-15(14-10-6-3-7-11-14)16(22)21(17)18-12-13-8-4-2-5-9-13/h2,4-5,8-9,12,14H,3,6-7,10-11H2,1H3/b18-12+. The summed E-state index contributed by atoms with van der Waals surface area (Å²) >= 11 is 1.38. The van der Waals surface area contributed by atoms with E-state index in [-0.39, 0.29) is 11.5 Å². The van der Waals surface area contributed by atoms with E-state index in [9.17, 15) is 4.79 Å². The van der Waals surface area contributed by atoms with Crippen molar-refractivity contribution in [3.63, 3.8) is 0 Å². The minimum absolute atomic E-state index is 0.136. The summed E-state index contributed by atoms with van der Waals surface area (Å²) in [6.45, 7) is 0. The Bertz CT molecular complexity index is 736. The Labute approximate surface area is 139 Å². The molecule has 1 saturated carbocycles. The van der Waals surface area contributed by atoms with Gasteiger partial charge in [-0.1, -0.05) is 61.4 Å². The number of hydrogen-bond donors (Lipinski definition) is 0. The molecule has 1 aliphatic carbocycles. The largest absolute Gasteiger partial charge is 0.297 e. The van der Waals surface area contributed by atoms with E-state index in [2.05, 4.69) is 15.3 Å². The first-order valence-corrected chi connectivity index (χ1v) is 9.15. The third-order valence-electron chi connectivity index (χ3n) is 4.13. The lowest BCUT2D eigenvalue weighted by atomic mass is 9.87. The second kappa shape index (κ2) is 7.55. The second-order valence-corrected chi connectivity index (χ2v) is 6.45. The summed E-state index contributed by atoms with van der Waals surface area (Å²) in [6, 6.07) is 9.73. The molecule has 0 spiro atoms. The van der Waals surface area contributed by atoms with Crippen LogP contribution >= 0.6 is 11.8 Å². The quantitative estimate of drug-likeness (QED) is 0.638. The average Bonchev–Trinajstić information content (AvgIpc) is 2.62. The fraction of sp³-hybridized carbons (Fsp3) is 0.412. The van der Waals surface area contributed by atoms with Crippen LogP contribution in [0.1, 0.15) is 49.3 Å². The van der Waals surface area contributed by atoms with Crippen molar-refractivity contribution in [1.82, 2.24) is 14.9 Å². The highest BCUT2D eigenvalue weighted by Crippen LogP contribution is 2.29. The van der Waals surface area contributed by atoms with E-state index in [1.54, 1.807) is 6.21 Å². The summed E-state index contributed by atoms with van der Waals surface area (Å²) in [4.78, 5) is 12.8. The van der Waals surface area contributed by atoms with Crippen LogP contribution in [-0.4, -0.2) is 27.3 Å².